The smallest absolute Gasteiger partial charge is 0.233 e. The number of nitrogens with zero attached hydrogens (tertiary/aromatic N) is 2. The van der Waals surface area contributed by atoms with E-state index in [2.05, 4.69) is 31.7 Å². The van der Waals surface area contributed by atoms with Gasteiger partial charge in [-0.05, 0) is 0 Å². The van der Waals surface area contributed by atoms with E-state index >= 15 is 0 Å². The average Bonchev–Trinajstić information content (AvgIpc) is 2.71. The number of hydrogen-bond donors (Lipinski definition) is 3. The highest BCUT2D eigenvalue weighted by atomic mass is 16.1. The first kappa shape index (κ1) is 11.2. The number of terminal acetylenes is 1. The number of aromatic amines is 1. The van der Waals surface area contributed by atoms with Crippen LogP contribution in [0, 0.1) is 12.3 Å². The van der Waals surface area contributed by atoms with Gasteiger partial charge in [-0.25, -0.2) is 4.98 Å². The van der Waals surface area contributed by atoms with Crippen molar-refractivity contribution in [2.24, 2.45) is 0 Å². The lowest BCUT2D eigenvalue weighted by Gasteiger charge is -2.03. The van der Waals surface area contributed by atoms with E-state index in [1.807, 2.05) is 0 Å². The maximum absolute atomic E-state index is 11.2. The van der Waals surface area contributed by atoms with Gasteiger partial charge in [0.25, 0.3) is 0 Å². The summed E-state index contributed by atoms with van der Waals surface area (Å²) in [5.41, 5.74) is 0. The zero-order chi connectivity index (χ0) is 10.9. The Morgan fingerprint density at radius 3 is 3.20 bits per heavy atom. The third kappa shape index (κ3) is 4.78. The Balaban J connectivity index is 2.05. The van der Waals surface area contributed by atoms with Crippen molar-refractivity contribution in [2.75, 3.05) is 19.6 Å². The molecule has 80 valence electrons. The third-order valence-electron chi connectivity index (χ3n) is 1.66. The Kier molecular flexibility index (Phi) is 4.90. The van der Waals surface area contributed by atoms with E-state index in [4.69, 9.17) is 6.42 Å². The van der Waals surface area contributed by atoms with Gasteiger partial charge in [-0.1, -0.05) is 5.92 Å². The fourth-order valence-corrected chi connectivity index (χ4v) is 0.982. The maximum Gasteiger partial charge on any atom is 0.233 e. The van der Waals surface area contributed by atoms with Gasteiger partial charge in [-0.15, -0.1) is 6.42 Å². The fourth-order valence-electron chi connectivity index (χ4n) is 0.982. The summed E-state index contributed by atoms with van der Waals surface area (Å²) in [7, 11) is 0. The zero-order valence-electron chi connectivity index (χ0n) is 8.29. The Bertz CT molecular complexity index is 327. The molecule has 15 heavy (non-hydrogen) atoms. The van der Waals surface area contributed by atoms with E-state index in [0.29, 0.717) is 19.5 Å². The van der Waals surface area contributed by atoms with Crippen molar-refractivity contribution in [3.05, 3.63) is 12.2 Å². The highest BCUT2D eigenvalue weighted by Crippen LogP contribution is 1.84. The highest BCUT2D eigenvalue weighted by molar-refractivity contribution is 5.77. The van der Waals surface area contributed by atoms with Crippen molar-refractivity contribution in [1.29, 1.82) is 0 Å². The fraction of sp³-hybridized carbons (Fsp3) is 0.444. The summed E-state index contributed by atoms with van der Waals surface area (Å²) in [6.07, 6.45) is 7.09. The molecule has 0 radical (unpaired) electrons. The van der Waals surface area contributed by atoms with Crippen molar-refractivity contribution in [1.82, 2.24) is 25.8 Å². The topological polar surface area (TPSA) is 82.7 Å². The summed E-state index contributed by atoms with van der Waals surface area (Å²) in [6.45, 7) is 1.17. The predicted molar refractivity (Wildman–Crippen MR) is 54.8 cm³/mol. The number of nitrogens with one attached hydrogen (secondary N) is 3. The molecule has 1 rings (SSSR count). The van der Waals surface area contributed by atoms with Crippen LogP contribution in [-0.4, -0.2) is 40.7 Å². The average molecular weight is 207 g/mol. The molecular weight excluding hydrogens is 194 g/mol. The molecule has 1 amide bonds. The molecule has 0 saturated carbocycles. The molecule has 0 aliphatic heterocycles. The van der Waals surface area contributed by atoms with Gasteiger partial charge in [0.15, 0.2) is 0 Å². The summed E-state index contributed by atoms with van der Waals surface area (Å²) < 4.78 is 0. The van der Waals surface area contributed by atoms with Gasteiger partial charge in [0.2, 0.25) is 5.91 Å². The number of amides is 1. The number of rotatable bonds is 6. The maximum atomic E-state index is 11.2. The Morgan fingerprint density at radius 2 is 2.53 bits per heavy atom. The molecule has 0 fully saturated rings. The van der Waals surface area contributed by atoms with Gasteiger partial charge in [0.1, 0.15) is 12.2 Å². The van der Waals surface area contributed by atoms with Crippen molar-refractivity contribution < 1.29 is 4.79 Å². The minimum Gasteiger partial charge on any atom is -0.355 e. The van der Waals surface area contributed by atoms with Crippen molar-refractivity contribution in [2.45, 2.75) is 6.42 Å². The van der Waals surface area contributed by atoms with Crippen molar-refractivity contribution in [3.63, 3.8) is 0 Å². The van der Waals surface area contributed by atoms with Crippen LogP contribution < -0.4 is 10.6 Å². The molecule has 1 aromatic rings. The molecule has 1 aromatic heterocycles. The van der Waals surface area contributed by atoms with Crippen LogP contribution in [0.5, 0.6) is 0 Å². The van der Waals surface area contributed by atoms with Crippen LogP contribution in [0.1, 0.15) is 5.82 Å². The number of aromatic nitrogens is 3. The third-order valence-corrected chi connectivity index (χ3v) is 1.66. The van der Waals surface area contributed by atoms with Crippen LogP contribution in [0.2, 0.25) is 0 Å². The predicted octanol–water partition coefficient (Wildman–Crippen LogP) is -1.31. The van der Waals surface area contributed by atoms with Crippen LogP contribution in [0.3, 0.4) is 0 Å². The molecule has 0 atom stereocenters. The molecule has 6 nitrogen and oxygen atoms in total. The van der Waals surface area contributed by atoms with Crippen LogP contribution in [0.25, 0.3) is 0 Å². The first-order chi connectivity index (χ1) is 7.33. The molecule has 0 aliphatic rings. The first-order valence-corrected chi connectivity index (χ1v) is 4.58. The van der Waals surface area contributed by atoms with Crippen LogP contribution >= 0.6 is 0 Å². The van der Waals surface area contributed by atoms with Gasteiger partial charge >= 0.3 is 0 Å². The summed E-state index contributed by atoms with van der Waals surface area (Å²) in [4.78, 5) is 15.1. The van der Waals surface area contributed by atoms with Gasteiger partial charge in [0.05, 0.1) is 13.1 Å². The molecule has 0 spiro atoms. The highest BCUT2D eigenvalue weighted by Gasteiger charge is 2.00. The standard InChI is InChI=1S/C9H13N5O/c1-2-4-10-6-9(15)11-5-3-8-12-7-13-14-8/h1,7,10H,3-6H2,(H,11,15)(H,12,13,14). The summed E-state index contributed by atoms with van der Waals surface area (Å²) >= 11 is 0. The Hall–Kier alpha value is -1.87. The second-order valence-corrected chi connectivity index (χ2v) is 2.84. The minimum atomic E-state index is -0.0789. The lowest BCUT2D eigenvalue weighted by molar-refractivity contribution is -0.120. The lowest BCUT2D eigenvalue weighted by Crippen LogP contribution is -2.35. The first-order valence-electron chi connectivity index (χ1n) is 4.58. The zero-order valence-corrected chi connectivity index (χ0v) is 8.29. The lowest BCUT2D eigenvalue weighted by atomic mass is 10.4. The van der Waals surface area contributed by atoms with Gasteiger partial charge in [-0.2, -0.15) is 5.10 Å². The van der Waals surface area contributed by atoms with E-state index < -0.39 is 0 Å². The number of carbonyl (C=O) groups excluding carboxylic acids is 1. The van der Waals surface area contributed by atoms with E-state index in [0.717, 1.165) is 5.82 Å². The summed E-state index contributed by atoms with van der Waals surface area (Å²) in [5.74, 6) is 3.06. The van der Waals surface area contributed by atoms with E-state index in [-0.39, 0.29) is 12.5 Å². The second kappa shape index (κ2) is 6.56. The van der Waals surface area contributed by atoms with Crippen molar-refractivity contribution >= 4 is 5.91 Å². The summed E-state index contributed by atoms with van der Waals surface area (Å²) in [6, 6.07) is 0. The monoisotopic (exact) mass is 207 g/mol. The molecule has 0 saturated heterocycles. The van der Waals surface area contributed by atoms with E-state index in [1.165, 1.54) is 6.33 Å². The second-order valence-electron chi connectivity index (χ2n) is 2.84. The SMILES string of the molecule is C#CCNCC(=O)NCCc1ncn[nH]1. The van der Waals surface area contributed by atoms with Crippen LogP contribution in [0.4, 0.5) is 0 Å². The number of carbonyl (C=O) groups is 1. The molecule has 0 aromatic carbocycles. The molecule has 3 N–H and O–H groups in total. The van der Waals surface area contributed by atoms with Gasteiger partial charge in [0, 0.05) is 13.0 Å². The molecule has 0 unspecified atom stereocenters. The number of H-pyrrole nitrogens is 1. The quantitative estimate of drug-likeness (QED) is 0.399. The molecule has 1 heterocycles. The summed E-state index contributed by atoms with van der Waals surface area (Å²) in [5, 5.41) is 11.9. The Labute approximate surface area is 87.9 Å². The van der Waals surface area contributed by atoms with Crippen molar-refractivity contribution in [3.8, 4) is 12.3 Å². The van der Waals surface area contributed by atoms with E-state index in [1.54, 1.807) is 0 Å². The van der Waals surface area contributed by atoms with Crippen LogP contribution in [-0.2, 0) is 11.2 Å². The van der Waals surface area contributed by atoms with Crippen LogP contribution in [0.15, 0.2) is 6.33 Å². The number of hydrogen-bond acceptors (Lipinski definition) is 4. The molecular formula is C9H13N5O. The molecule has 0 bridgehead atoms. The van der Waals surface area contributed by atoms with E-state index in [9.17, 15) is 4.79 Å². The normalized spacial score (nSPS) is 9.53. The van der Waals surface area contributed by atoms with Gasteiger partial charge in [-0.3, -0.25) is 15.2 Å². The molecule has 0 aliphatic carbocycles. The largest absolute Gasteiger partial charge is 0.355 e. The Morgan fingerprint density at radius 1 is 1.67 bits per heavy atom. The van der Waals surface area contributed by atoms with Gasteiger partial charge < -0.3 is 5.32 Å². The molecule has 6 heteroatoms. The minimum absolute atomic E-state index is 0.0789.